The molecular formula is C24H23ClN6O2. The first-order chi connectivity index (χ1) is 15.9. The largest absolute Gasteiger partial charge is 0.368 e. The first-order valence-corrected chi connectivity index (χ1v) is 10.9. The number of nitrogens with one attached hydrogen (secondary N) is 1. The van der Waals surface area contributed by atoms with E-state index in [9.17, 15) is 14.9 Å². The van der Waals surface area contributed by atoms with E-state index in [1.807, 2.05) is 48.2 Å². The van der Waals surface area contributed by atoms with Crippen molar-refractivity contribution in [2.24, 2.45) is 0 Å². The van der Waals surface area contributed by atoms with Gasteiger partial charge in [0.05, 0.1) is 5.56 Å². The van der Waals surface area contributed by atoms with Crippen LogP contribution in [0.3, 0.4) is 0 Å². The molecule has 0 radical (unpaired) electrons. The van der Waals surface area contributed by atoms with Crippen molar-refractivity contribution in [2.45, 2.75) is 6.92 Å². The van der Waals surface area contributed by atoms with Crippen LogP contribution in [0.25, 0.3) is 11.7 Å². The molecule has 9 heteroatoms. The standard InChI is InChI=1S/C24H23ClN6O2/c1-16-5-4-8-31-21(16)28-22(20(24(31)33)13-17(15-26)23(32)27-2)30-11-9-29(10-12-30)19-7-3-6-18(25)14-19/h3-8,13-14H,9-12H2,1-2H3,(H,27,32). The minimum atomic E-state index is -0.553. The normalized spacial score (nSPS) is 14.3. The molecule has 0 aliphatic carbocycles. The van der Waals surface area contributed by atoms with Gasteiger partial charge in [0.1, 0.15) is 23.1 Å². The summed E-state index contributed by atoms with van der Waals surface area (Å²) in [4.78, 5) is 34.6. The SMILES string of the molecule is CNC(=O)C(C#N)=Cc1c(N2CCN(c3cccc(Cl)c3)CC2)nc2c(C)cccn2c1=O. The van der Waals surface area contributed by atoms with E-state index in [4.69, 9.17) is 16.6 Å². The number of nitriles is 1. The predicted molar refractivity (Wildman–Crippen MR) is 130 cm³/mol. The number of amides is 1. The number of hydrogen-bond acceptors (Lipinski definition) is 6. The van der Waals surface area contributed by atoms with E-state index in [1.165, 1.54) is 17.5 Å². The van der Waals surface area contributed by atoms with Gasteiger partial charge >= 0.3 is 0 Å². The van der Waals surface area contributed by atoms with Crippen LogP contribution in [0.2, 0.25) is 5.02 Å². The van der Waals surface area contributed by atoms with Crippen molar-refractivity contribution in [3.8, 4) is 6.07 Å². The number of carbonyl (C=O) groups excluding carboxylic acids is 1. The second-order valence-electron chi connectivity index (χ2n) is 7.74. The zero-order valence-corrected chi connectivity index (χ0v) is 19.1. The highest BCUT2D eigenvalue weighted by Crippen LogP contribution is 2.25. The number of likely N-dealkylation sites (N-methyl/N-ethyl adjacent to an activating group) is 1. The van der Waals surface area contributed by atoms with E-state index < -0.39 is 5.91 Å². The maximum Gasteiger partial charge on any atom is 0.267 e. The average molecular weight is 463 g/mol. The van der Waals surface area contributed by atoms with Crippen molar-refractivity contribution >= 4 is 40.7 Å². The van der Waals surface area contributed by atoms with Gasteiger partial charge in [-0.05, 0) is 42.8 Å². The summed E-state index contributed by atoms with van der Waals surface area (Å²) < 4.78 is 1.45. The van der Waals surface area contributed by atoms with Crippen LogP contribution in [0, 0.1) is 18.3 Å². The number of rotatable bonds is 4. The van der Waals surface area contributed by atoms with E-state index >= 15 is 0 Å². The van der Waals surface area contributed by atoms with Gasteiger partial charge in [-0.3, -0.25) is 14.0 Å². The molecule has 8 nitrogen and oxygen atoms in total. The molecule has 1 amide bonds. The Labute approximate surface area is 196 Å². The number of carbonyl (C=O) groups is 1. The van der Waals surface area contributed by atoms with Crippen LogP contribution in [-0.4, -0.2) is 48.5 Å². The summed E-state index contributed by atoms with van der Waals surface area (Å²) in [6.07, 6.45) is 2.98. The second kappa shape index (κ2) is 9.35. The molecule has 1 aromatic carbocycles. The first kappa shape index (κ1) is 22.4. The van der Waals surface area contributed by atoms with Crippen molar-refractivity contribution in [2.75, 3.05) is 43.0 Å². The average Bonchev–Trinajstić information content (AvgIpc) is 2.83. The van der Waals surface area contributed by atoms with Crippen LogP contribution < -0.4 is 20.7 Å². The molecule has 168 valence electrons. The van der Waals surface area contributed by atoms with E-state index in [1.54, 1.807) is 12.3 Å². The fraction of sp³-hybridized carbons (Fsp3) is 0.250. The number of anilines is 2. The monoisotopic (exact) mass is 462 g/mol. The number of aromatic nitrogens is 2. The lowest BCUT2D eigenvalue weighted by molar-refractivity contribution is -0.116. The number of pyridine rings is 1. The topological polar surface area (TPSA) is 93.7 Å². The van der Waals surface area contributed by atoms with E-state index in [2.05, 4.69) is 10.2 Å². The van der Waals surface area contributed by atoms with Gasteiger partial charge in [-0.1, -0.05) is 23.7 Å². The van der Waals surface area contributed by atoms with E-state index in [0.29, 0.717) is 42.7 Å². The quantitative estimate of drug-likeness (QED) is 0.473. The fourth-order valence-electron chi connectivity index (χ4n) is 3.94. The van der Waals surface area contributed by atoms with Gasteiger partial charge in [0.25, 0.3) is 11.5 Å². The Morgan fingerprint density at radius 1 is 1.18 bits per heavy atom. The molecule has 0 spiro atoms. The summed E-state index contributed by atoms with van der Waals surface area (Å²) in [5.41, 5.74) is 2.18. The number of halogens is 1. The molecule has 0 unspecified atom stereocenters. The number of fused-ring (bicyclic) bond motifs is 1. The maximum absolute atomic E-state index is 13.4. The summed E-state index contributed by atoms with van der Waals surface area (Å²) in [5, 5.41) is 12.6. The Morgan fingerprint density at radius 3 is 2.58 bits per heavy atom. The van der Waals surface area contributed by atoms with Gasteiger partial charge in [0.15, 0.2) is 0 Å². The van der Waals surface area contributed by atoms with Gasteiger partial charge < -0.3 is 15.1 Å². The third-order valence-electron chi connectivity index (χ3n) is 5.70. The predicted octanol–water partition coefficient (Wildman–Crippen LogP) is 2.64. The third kappa shape index (κ3) is 4.41. The Morgan fingerprint density at radius 2 is 1.91 bits per heavy atom. The lowest BCUT2D eigenvalue weighted by atomic mass is 10.1. The molecule has 0 bridgehead atoms. The van der Waals surface area contributed by atoms with Gasteiger partial charge in [0, 0.05) is 50.1 Å². The lowest BCUT2D eigenvalue weighted by Crippen LogP contribution is -2.47. The van der Waals surface area contributed by atoms with Gasteiger partial charge in [0.2, 0.25) is 0 Å². The zero-order valence-electron chi connectivity index (χ0n) is 18.4. The fourth-order valence-corrected chi connectivity index (χ4v) is 4.13. The molecule has 0 saturated carbocycles. The molecule has 1 saturated heterocycles. The highest BCUT2D eigenvalue weighted by atomic mass is 35.5. The van der Waals surface area contributed by atoms with Crippen molar-refractivity contribution in [3.05, 3.63) is 74.7 Å². The summed E-state index contributed by atoms with van der Waals surface area (Å²) in [6.45, 7) is 4.54. The molecule has 3 heterocycles. The smallest absolute Gasteiger partial charge is 0.267 e. The second-order valence-corrected chi connectivity index (χ2v) is 8.18. The molecule has 1 aliphatic heterocycles. The molecule has 1 aliphatic rings. The molecule has 1 fully saturated rings. The Hall–Kier alpha value is -3.83. The molecule has 2 aromatic heterocycles. The number of benzene rings is 1. The molecule has 1 N–H and O–H groups in total. The van der Waals surface area contributed by atoms with Crippen LogP contribution in [0.5, 0.6) is 0 Å². The van der Waals surface area contributed by atoms with Gasteiger partial charge in [-0.15, -0.1) is 0 Å². The van der Waals surface area contributed by atoms with Crippen LogP contribution in [0.15, 0.2) is 53.0 Å². The zero-order chi connectivity index (χ0) is 23.5. The van der Waals surface area contributed by atoms with Gasteiger partial charge in [-0.2, -0.15) is 5.26 Å². The lowest BCUT2D eigenvalue weighted by Gasteiger charge is -2.37. The van der Waals surface area contributed by atoms with Crippen molar-refractivity contribution in [3.63, 3.8) is 0 Å². The summed E-state index contributed by atoms with van der Waals surface area (Å²) in [7, 11) is 1.44. The number of piperazine rings is 1. The van der Waals surface area contributed by atoms with Crippen molar-refractivity contribution in [1.82, 2.24) is 14.7 Å². The van der Waals surface area contributed by atoms with Crippen LogP contribution in [-0.2, 0) is 4.79 Å². The Kier molecular flexibility index (Phi) is 6.33. The van der Waals surface area contributed by atoms with E-state index in [0.717, 1.165) is 11.3 Å². The molecule has 4 rings (SSSR count). The molecule has 3 aromatic rings. The van der Waals surface area contributed by atoms with Crippen molar-refractivity contribution in [1.29, 1.82) is 5.26 Å². The number of aryl methyl sites for hydroxylation is 1. The molecular weight excluding hydrogens is 440 g/mol. The third-order valence-corrected chi connectivity index (χ3v) is 5.93. The number of hydrogen-bond donors (Lipinski definition) is 1. The van der Waals surface area contributed by atoms with Crippen LogP contribution >= 0.6 is 11.6 Å². The highest BCUT2D eigenvalue weighted by Gasteiger charge is 2.24. The van der Waals surface area contributed by atoms with E-state index in [-0.39, 0.29) is 16.7 Å². The summed E-state index contributed by atoms with van der Waals surface area (Å²) >= 11 is 6.15. The summed E-state index contributed by atoms with van der Waals surface area (Å²) in [6, 6.07) is 13.3. The first-order valence-electron chi connectivity index (χ1n) is 10.5. The minimum absolute atomic E-state index is 0.150. The number of nitrogens with zero attached hydrogens (tertiary/aromatic N) is 5. The Balaban J connectivity index is 1.77. The van der Waals surface area contributed by atoms with Crippen molar-refractivity contribution < 1.29 is 4.79 Å². The molecule has 0 atom stereocenters. The Bertz CT molecular complexity index is 1350. The van der Waals surface area contributed by atoms with Crippen LogP contribution in [0.4, 0.5) is 11.5 Å². The van der Waals surface area contributed by atoms with Gasteiger partial charge in [-0.25, -0.2) is 4.98 Å². The highest BCUT2D eigenvalue weighted by molar-refractivity contribution is 6.30. The minimum Gasteiger partial charge on any atom is -0.368 e. The molecule has 33 heavy (non-hydrogen) atoms. The van der Waals surface area contributed by atoms with Crippen LogP contribution in [0.1, 0.15) is 11.1 Å². The summed E-state index contributed by atoms with van der Waals surface area (Å²) in [5.74, 6) is -0.0836. The maximum atomic E-state index is 13.4.